The first-order valence-corrected chi connectivity index (χ1v) is 10.2. The minimum absolute atomic E-state index is 0.123. The zero-order chi connectivity index (χ0) is 19.8. The van der Waals surface area contributed by atoms with E-state index in [0.29, 0.717) is 29.5 Å². The van der Waals surface area contributed by atoms with Crippen molar-refractivity contribution in [3.63, 3.8) is 0 Å². The Hall–Kier alpha value is -3.00. The molecule has 8 nitrogen and oxygen atoms in total. The van der Waals surface area contributed by atoms with Crippen LogP contribution in [-0.4, -0.2) is 55.7 Å². The molecule has 150 valence electrons. The van der Waals surface area contributed by atoms with Crippen LogP contribution in [0.2, 0.25) is 0 Å². The van der Waals surface area contributed by atoms with E-state index in [-0.39, 0.29) is 5.75 Å². The summed E-state index contributed by atoms with van der Waals surface area (Å²) in [5.41, 5.74) is 2.35. The second-order valence-corrected chi connectivity index (χ2v) is 8.09. The molecule has 0 spiro atoms. The lowest BCUT2D eigenvalue weighted by molar-refractivity contribution is 0.219. The highest BCUT2D eigenvalue weighted by Crippen LogP contribution is 2.32. The maximum absolute atomic E-state index is 10.5. The quantitative estimate of drug-likeness (QED) is 0.628. The lowest BCUT2D eigenvalue weighted by Gasteiger charge is -2.43. The largest absolute Gasteiger partial charge is 0.507 e. The molecule has 2 saturated heterocycles. The summed E-state index contributed by atoms with van der Waals surface area (Å²) >= 11 is 0. The van der Waals surface area contributed by atoms with Crippen LogP contribution in [0.3, 0.4) is 0 Å². The molecular weight excluding hydrogens is 366 g/mol. The van der Waals surface area contributed by atoms with Crippen molar-refractivity contribution in [3.05, 3.63) is 36.8 Å². The number of hydrogen-bond donors (Lipinski definition) is 3. The van der Waals surface area contributed by atoms with Crippen LogP contribution >= 0.6 is 0 Å². The van der Waals surface area contributed by atoms with E-state index in [4.69, 9.17) is 0 Å². The summed E-state index contributed by atoms with van der Waals surface area (Å²) in [4.78, 5) is 6.69. The number of hydrogen-bond acceptors (Lipinski definition) is 7. The van der Waals surface area contributed by atoms with Crippen LogP contribution in [0.1, 0.15) is 32.1 Å². The molecular formula is C21H25N7O. The second-order valence-electron chi connectivity index (χ2n) is 8.09. The molecule has 0 saturated carbocycles. The van der Waals surface area contributed by atoms with Crippen LogP contribution in [0.25, 0.3) is 22.5 Å². The monoisotopic (exact) mass is 391 g/mol. The first-order valence-electron chi connectivity index (χ1n) is 10.2. The second kappa shape index (κ2) is 7.44. The summed E-state index contributed by atoms with van der Waals surface area (Å²) in [6, 6.07) is 7.10. The van der Waals surface area contributed by atoms with E-state index in [1.54, 1.807) is 24.7 Å². The summed E-state index contributed by atoms with van der Waals surface area (Å²) in [7, 11) is 2.08. The van der Waals surface area contributed by atoms with Gasteiger partial charge in [-0.25, -0.2) is 4.98 Å². The molecule has 3 atom stereocenters. The van der Waals surface area contributed by atoms with E-state index >= 15 is 0 Å². The number of nitrogens with one attached hydrogen (secondary N) is 2. The fourth-order valence-corrected chi connectivity index (χ4v) is 4.60. The maximum atomic E-state index is 10.5. The molecule has 2 aliphatic heterocycles. The topological polar surface area (TPSA) is 103 Å². The highest BCUT2D eigenvalue weighted by atomic mass is 16.3. The van der Waals surface area contributed by atoms with Gasteiger partial charge < -0.3 is 15.3 Å². The molecule has 0 amide bonds. The number of aromatic hydroxyl groups is 1. The number of piperidine rings is 2. The number of rotatable bonds is 4. The fourth-order valence-electron chi connectivity index (χ4n) is 4.60. The third-order valence-corrected chi connectivity index (χ3v) is 6.22. The van der Waals surface area contributed by atoms with Gasteiger partial charge in [-0.3, -0.25) is 5.10 Å². The number of aromatic nitrogens is 5. The number of H-pyrrole nitrogens is 1. The number of phenolic OH excluding ortho intramolecular Hbond substituents is 1. The molecule has 2 aliphatic rings. The van der Waals surface area contributed by atoms with Crippen LogP contribution in [-0.2, 0) is 0 Å². The zero-order valence-corrected chi connectivity index (χ0v) is 16.4. The van der Waals surface area contributed by atoms with Gasteiger partial charge in [0.05, 0.1) is 18.0 Å². The zero-order valence-electron chi connectivity index (χ0n) is 16.4. The van der Waals surface area contributed by atoms with Gasteiger partial charge in [-0.05, 0) is 43.4 Å². The molecule has 3 N–H and O–H groups in total. The highest BCUT2D eigenvalue weighted by Gasteiger charge is 2.33. The van der Waals surface area contributed by atoms with Gasteiger partial charge in [0.1, 0.15) is 5.75 Å². The van der Waals surface area contributed by atoms with E-state index in [0.717, 1.165) is 29.8 Å². The van der Waals surface area contributed by atoms with Gasteiger partial charge in [0.25, 0.3) is 0 Å². The van der Waals surface area contributed by atoms with Crippen molar-refractivity contribution in [2.45, 2.75) is 50.2 Å². The standard InChI is InChI=1S/C21H25N7O/c1-28(17-8-15-3-2-4-16(9-17)25-15)20-12-22-21(27-26-20)18-6-5-13(7-19(18)29)14-10-23-24-11-14/h5-7,10-12,15-17,25,29H,2-4,8-9H2,1H3,(H,23,24)/t15-,16+,17?. The molecule has 2 fully saturated rings. The maximum Gasteiger partial charge on any atom is 0.185 e. The average molecular weight is 391 g/mol. The molecule has 0 radical (unpaired) electrons. The molecule has 29 heavy (non-hydrogen) atoms. The van der Waals surface area contributed by atoms with E-state index in [2.05, 4.69) is 42.6 Å². The SMILES string of the molecule is CN(c1cnc(-c2ccc(-c3cn[nH]c3)cc2O)nn1)C1C[C@H]2CCC[C@@H](C1)N2. The lowest BCUT2D eigenvalue weighted by Crippen LogP contribution is -2.54. The van der Waals surface area contributed by atoms with Gasteiger partial charge in [0.2, 0.25) is 0 Å². The number of nitrogens with zero attached hydrogens (tertiary/aromatic N) is 5. The smallest absolute Gasteiger partial charge is 0.185 e. The Kier molecular flexibility index (Phi) is 4.63. The lowest BCUT2D eigenvalue weighted by atomic mass is 9.83. The Labute approximate surface area is 169 Å². The number of anilines is 1. The third-order valence-electron chi connectivity index (χ3n) is 6.22. The molecule has 3 aromatic rings. The van der Waals surface area contributed by atoms with Crippen molar-refractivity contribution in [1.82, 2.24) is 30.7 Å². The molecule has 2 bridgehead atoms. The van der Waals surface area contributed by atoms with Gasteiger partial charge in [0.15, 0.2) is 11.6 Å². The third kappa shape index (κ3) is 3.55. The number of benzene rings is 1. The summed E-state index contributed by atoms with van der Waals surface area (Å²) < 4.78 is 0. The van der Waals surface area contributed by atoms with Gasteiger partial charge in [-0.1, -0.05) is 12.5 Å². The van der Waals surface area contributed by atoms with E-state index < -0.39 is 0 Å². The highest BCUT2D eigenvalue weighted by molar-refractivity contribution is 5.72. The normalized spacial score (nSPS) is 23.7. The van der Waals surface area contributed by atoms with Crippen molar-refractivity contribution >= 4 is 5.82 Å². The predicted molar refractivity (Wildman–Crippen MR) is 110 cm³/mol. The van der Waals surface area contributed by atoms with Gasteiger partial charge in [-0.2, -0.15) is 5.10 Å². The molecule has 2 aromatic heterocycles. The van der Waals surface area contributed by atoms with Gasteiger partial charge in [-0.15, -0.1) is 10.2 Å². The number of fused-ring (bicyclic) bond motifs is 2. The Morgan fingerprint density at radius 3 is 2.55 bits per heavy atom. The summed E-state index contributed by atoms with van der Waals surface area (Å²) in [6.45, 7) is 0. The Bertz CT molecular complexity index is 961. The van der Waals surface area contributed by atoms with Gasteiger partial charge >= 0.3 is 0 Å². The summed E-state index contributed by atoms with van der Waals surface area (Å²) in [5.74, 6) is 1.31. The first-order chi connectivity index (χ1) is 14.2. The predicted octanol–water partition coefficient (Wildman–Crippen LogP) is 2.74. The molecule has 8 heteroatoms. The minimum atomic E-state index is 0.123. The number of phenols is 1. The minimum Gasteiger partial charge on any atom is -0.507 e. The van der Waals surface area contributed by atoms with Crippen molar-refractivity contribution in [3.8, 4) is 28.3 Å². The van der Waals surface area contributed by atoms with E-state index in [9.17, 15) is 5.11 Å². The summed E-state index contributed by atoms with van der Waals surface area (Å²) in [6.07, 6.45) is 11.4. The van der Waals surface area contributed by atoms with Crippen molar-refractivity contribution in [2.24, 2.45) is 0 Å². The summed E-state index contributed by atoms with van der Waals surface area (Å²) in [5, 5.41) is 29.6. The first kappa shape index (κ1) is 18.1. The Balaban J connectivity index is 1.33. The van der Waals surface area contributed by atoms with Crippen molar-refractivity contribution in [1.29, 1.82) is 0 Å². The van der Waals surface area contributed by atoms with Crippen LogP contribution < -0.4 is 10.2 Å². The molecule has 0 aliphatic carbocycles. The van der Waals surface area contributed by atoms with Crippen LogP contribution in [0.4, 0.5) is 5.82 Å². The Morgan fingerprint density at radius 1 is 1.07 bits per heavy atom. The van der Waals surface area contributed by atoms with E-state index in [1.807, 2.05) is 12.1 Å². The van der Waals surface area contributed by atoms with Crippen LogP contribution in [0.5, 0.6) is 5.75 Å². The Morgan fingerprint density at radius 2 is 1.90 bits per heavy atom. The number of aromatic amines is 1. The van der Waals surface area contributed by atoms with E-state index in [1.165, 1.54) is 19.3 Å². The fraction of sp³-hybridized carbons (Fsp3) is 0.429. The van der Waals surface area contributed by atoms with Crippen LogP contribution in [0.15, 0.2) is 36.8 Å². The average Bonchev–Trinajstić information content (AvgIpc) is 3.28. The molecule has 5 rings (SSSR count). The van der Waals surface area contributed by atoms with Crippen LogP contribution in [0, 0.1) is 0 Å². The molecule has 1 aromatic carbocycles. The van der Waals surface area contributed by atoms with Crippen molar-refractivity contribution in [2.75, 3.05) is 11.9 Å². The van der Waals surface area contributed by atoms with Gasteiger partial charge in [0, 0.05) is 36.9 Å². The van der Waals surface area contributed by atoms with Crippen molar-refractivity contribution < 1.29 is 5.11 Å². The molecule has 1 unspecified atom stereocenters. The molecule has 4 heterocycles.